The molecule has 1 aromatic rings. The zero-order valence-corrected chi connectivity index (χ0v) is 13.2. The zero-order valence-electron chi connectivity index (χ0n) is 13.2. The number of aromatic nitrogens is 3. The van der Waals surface area contributed by atoms with Gasteiger partial charge in [-0.15, -0.1) is 5.10 Å². The molecule has 1 N–H and O–H groups in total. The van der Waals surface area contributed by atoms with E-state index in [1.807, 2.05) is 10.9 Å². The van der Waals surface area contributed by atoms with E-state index in [0.29, 0.717) is 6.04 Å². The maximum atomic E-state index is 4.21. The second-order valence-corrected chi connectivity index (χ2v) is 6.46. The first-order valence-electron chi connectivity index (χ1n) is 7.58. The largest absolute Gasteiger partial charge is 0.309 e. The third kappa shape index (κ3) is 6.19. The minimum Gasteiger partial charge on any atom is -0.309 e. The Morgan fingerprint density at radius 2 is 2.00 bits per heavy atom. The number of hydrogen-bond acceptors (Lipinski definition) is 3. The molecule has 1 heterocycles. The minimum absolute atomic E-state index is 0.0109. The Bertz CT molecular complexity index is 351. The van der Waals surface area contributed by atoms with Crippen molar-refractivity contribution in [1.29, 1.82) is 0 Å². The van der Waals surface area contributed by atoms with Crippen molar-refractivity contribution in [1.82, 2.24) is 20.3 Å². The summed E-state index contributed by atoms with van der Waals surface area (Å²) in [6.07, 6.45) is 8.61. The van der Waals surface area contributed by atoms with Gasteiger partial charge in [-0.2, -0.15) is 0 Å². The van der Waals surface area contributed by atoms with E-state index in [1.54, 1.807) is 0 Å². The van der Waals surface area contributed by atoms with Crippen molar-refractivity contribution in [3.8, 4) is 0 Å². The quantitative estimate of drug-likeness (QED) is 0.733. The SMILES string of the molecule is CCCCCCC(C)NCc1cn(C(C)(C)C)nn1. The molecule has 0 saturated heterocycles. The van der Waals surface area contributed by atoms with Crippen LogP contribution in [0.3, 0.4) is 0 Å². The van der Waals surface area contributed by atoms with Gasteiger partial charge in [0.25, 0.3) is 0 Å². The molecule has 0 amide bonds. The van der Waals surface area contributed by atoms with E-state index in [1.165, 1.54) is 32.1 Å². The first-order valence-corrected chi connectivity index (χ1v) is 7.58. The predicted octanol–water partition coefficient (Wildman–Crippen LogP) is 3.48. The van der Waals surface area contributed by atoms with Crippen LogP contribution in [-0.4, -0.2) is 21.0 Å². The fraction of sp³-hybridized carbons (Fsp3) is 0.867. The summed E-state index contributed by atoms with van der Waals surface area (Å²) < 4.78 is 1.93. The van der Waals surface area contributed by atoms with Crippen LogP contribution in [0.25, 0.3) is 0 Å². The van der Waals surface area contributed by atoms with Crippen LogP contribution in [0.15, 0.2) is 6.20 Å². The van der Waals surface area contributed by atoms with Crippen LogP contribution in [0.1, 0.15) is 72.4 Å². The van der Waals surface area contributed by atoms with Crippen LogP contribution in [-0.2, 0) is 12.1 Å². The molecule has 1 rings (SSSR count). The summed E-state index contributed by atoms with van der Waals surface area (Å²) in [6.45, 7) is 11.7. The lowest BCUT2D eigenvalue weighted by Crippen LogP contribution is -2.25. The van der Waals surface area contributed by atoms with Crippen LogP contribution in [0.2, 0.25) is 0 Å². The molecule has 0 aliphatic heterocycles. The lowest BCUT2D eigenvalue weighted by Gasteiger charge is -2.17. The normalized spacial score (nSPS) is 13.7. The fourth-order valence-corrected chi connectivity index (χ4v) is 1.97. The summed E-state index contributed by atoms with van der Waals surface area (Å²) in [4.78, 5) is 0. The Morgan fingerprint density at radius 3 is 2.58 bits per heavy atom. The Balaban J connectivity index is 2.26. The van der Waals surface area contributed by atoms with E-state index < -0.39 is 0 Å². The van der Waals surface area contributed by atoms with Gasteiger partial charge in [-0.05, 0) is 34.1 Å². The van der Waals surface area contributed by atoms with E-state index in [-0.39, 0.29) is 5.54 Å². The first-order chi connectivity index (χ1) is 8.93. The predicted molar refractivity (Wildman–Crippen MR) is 80.1 cm³/mol. The molecule has 110 valence electrons. The summed E-state index contributed by atoms with van der Waals surface area (Å²) in [7, 11) is 0. The third-order valence-electron chi connectivity index (χ3n) is 3.35. The van der Waals surface area contributed by atoms with Gasteiger partial charge in [0.1, 0.15) is 0 Å². The third-order valence-corrected chi connectivity index (χ3v) is 3.35. The highest BCUT2D eigenvalue weighted by molar-refractivity contribution is 4.94. The Kier molecular flexibility index (Phi) is 6.49. The van der Waals surface area contributed by atoms with Crippen molar-refractivity contribution in [2.45, 2.75) is 84.8 Å². The molecule has 4 nitrogen and oxygen atoms in total. The first kappa shape index (κ1) is 16.2. The van der Waals surface area contributed by atoms with Crippen molar-refractivity contribution < 1.29 is 0 Å². The monoisotopic (exact) mass is 266 g/mol. The van der Waals surface area contributed by atoms with E-state index in [2.05, 4.69) is 50.2 Å². The Morgan fingerprint density at radius 1 is 1.26 bits per heavy atom. The number of nitrogens with zero attached hydrogens (tertiary/aromatic N) is 3. The zero-order chi connectivity index (χ0) is 14.3. The molecule has 1 atom stereocenters. The maximum Gasteiger partial charge on any atom is 0.0965 e. The van der Waals surface area contributed by atoms with Crippen LogP contribution in [0.5, 0.6) is 0 Å². The minimum atomic E-state index is 0.0109. The second kappa shape index (κ2) is 7.63. The van der Waals surface area contributed by atoms with Gasteiger partial charge in [0.05, 0.1) is 17.4 Å². The molecule has 1 unspecified atom stereocenters. The van der Waals surface area contributed by atoms with Crippen LogP contribution in [0.4, 0.5) is 0 Å². The molecule has 0 saturated carbocycles. The van der Waals surface area contributed by atoms with Crippen molar-refractivity contribution in [3.63, 3.8) is 0 Å². The summed E-state index contributed by atoms with van der Waals surface area (Å²) in [5, 5.41) is 11.9. The van der Waals surface area contributed by atoms with Crippen molar-refractivity contribution in [2.75, 3.05) is 0 Å². The number of hydrogen-bond donors (Lipinski definition) is 1. The summed E-state index contributed by atoms with van der Waals surface area (Å²) >= 11 is 0. The van der Waals surface area contributed by atoms with E-state index in [4.69, 9.17) is 0 Å². The number of unbranched alkanes of at least 4 members (excludes halogenated alkanes) is 3. The molecular weight excluding hydrogens is 236 g/mol. The number of nitrogens with one attached hydrogen (secondary N) is 1. The highest BCUT2D eigenvalue weighted by atomic mass is 15.4. The van der Waals surface area contributed by atoms with Crippen molar-refractivity contribution in [3.05, 3.63) is 11.9 Å². The lowest BCUT2D eigenvalue weighted by molar-refractivity contribution is 0.347. The Labute approximate surface area is 118 Å². The molecule has 0 aromatic carbocycles. The summed E-state index contributed by atoms with van der Waals surface area (Å²) in [5.41, 5.74) is 1.03. The van der Waals surface area contributed by atoms with Gasteiger partial charge in [0.2, 0.25) is 0 Å². The fourth-order valence-electron chi connectivity index (χ4n) is 1.97. The van der Waals surface area contributed by atoms with Gasteiger partial charge in [-0.3, -0.25) is 0 Å². The Hall–Kier alpha value is -0.900. The molecule has 0 radical (unpaired) electrons. The molecule has 0 fully saturated rings. The molecule has 0 aliphatic rings. The topological polar surface area (TPSA) is 42.7 Å². The van der Waals surface area contributed by atoms with Gasteiger partial charge in [0, 0.05) is 12.6 Å². The highest BCUT2D eigenvalue weighted by Gasteiger charge is 2.15. The molecule has 0 aliphatic carbocycles. The van der Waals surface area contributed by atoms with Crippen molar-refractivity contribution in [2.24, 2.45) is 0 Å². The molecular formula is C15H30N4. The average Bonchev–Trinajstić information content (AvgIpc) is 2.81. The number of rotatable bonds is 8. The summed E-state index contributed by atoms with van der Waals surface area (Å²) in [5.74, 6) is 0. The van der Waals surface area contributed by atoms with Gasteiger partial charge in [-0.25, -0.2) is 4.68 Å². The van der Waals surface area contributed by atoms with Crippen molar-refractivity contribution >= 4 is 0 Å². The van der Waals surface area contributed by atoms with Gasteiger partial charge in [-0.1, -0.05) is 37.8 Å². The second-order valence-electron chi connectivity index (χ2n) is 6.46. The van der Waals surface area contributed by atoms with Crippen LogP contribution < -0.4 is 5.32 Å². The smallest absolute Gasteiger partial charge is 0.0965 e. The molecule has 19 heavy (non-hydrogen) atoms. The molecule has 0 bridgehead atoms. The van der Waals surface area contributed by atoms with E-state index >= 15 is 0 Å². The summed E-state index contributed by atoms with van der Waals surface area (Å²) in [6, 6.07) is 0.552. The highest BCUT2D eigenvalue weighted by Crippen LogP contribution is 2.12. The lowest BCUT2D eigenvalue weighted by atomic mass is 10.1. The maximum absolute atomic E-state index is 4.21. The standard InChI is InChI=1S/C15H30N4/c1-6-7-8-9-10-13(2)16-11-14-12-19(18-17-14)15(3,4)5/h12-13,16H,6-11H2,1-5H3. The van der Waals surface area contributed by atoms with Gasteiger partial charge < -0.3 is 5.32 Å². The average molecular weight is 266 g/mol. The van der Waals surface area contributed by atoms with Crippen LogP contribution >= 0.6 is 0 Å². The van der Waals surface area contributed by atoms with Crippen LogP contribution in [0, 0.1) is 0 Å². The van der Waals surface area contributed by atoms with E-state index in [0.717, 1.165) is 12.2 Å². The molecule has 0 spiro atoms. The van der Waals surface area contributed by atoms with Gasteiger partial charge >= 0.3 is 0 Å². The van der Waals surface area contributed by atoms with Gasteiger partial charge in [0.15, 0.2) is 0 Å². The molecule has 4 heteroatoms. The van der Waals surface area contributed by atoms with E-state index in [9.17, 15) is 0 Å². The molecule has 1 aromatic heterocycles.